The van der Waals surface area contributed by atoms with E-state index in [9.17, 15) is 4.79 Å². The number of pyridine rings is 1. The van der Waals surface area contributed by atoms with Crippen LogP contribution in [0.1, 0.15) is 20.8 Å². The molecule has 3 aromatic rings. The summed E-state index contributed by atoms with van der Waals surface area (Å²) in [6, 6.07) is 7.59. The number of aromatic nitrogens is 2. The van der Waals surface area contributed by atoms with Gasteiger partial charge in [0.05, 0.1) is 12.8 Å². The van der Waals surface area contributed by atoms with Crippen LogP contribution < -0.4 is 10.1 Å². The van der Waals surface area contributed by atoms with Crippen LogP contribution in [0.2, 0.25) is 0 Å². The number of rotatable bonds is 3. The van der Waals surface area contributed by atoms with Crippen LogP contribution in [0, 0.1) is 0 Å². The normalized spacial score (nSPS) is 11.4. The summed E-state index contributed by atoms with van der Waals surface area (Å²) >= 11 is 3.51. The average Bonchev–Trinajstić information content (AvgIpc) is 2.93. The van der Waals surface area contributed by atoms with Crippen molar-refractivity contribution in [3.05, 3.63) is 41.1 Å². The average molecular weight is 418 g/mol. The Kier molecular flexibility index (Phi) is 4.91. The summed E-state index contributed by atoms with van der Waals surface area (Å²) < 4.78 is 11.6. The summed E-state index contributed by atoms with van der Waals surface area (Å²) in [5.41, 5.74) is 2.59. The number of hydrogen-bond donors (Lipinski definition) is 2. The molecule has 26 heavy (non-hydrogen) atoms. The number of halogens is 1. The molecule has 0 unspecified atom stereocenters. The van der Waals surface area contributed by atoms with Gasteiger partial charge in [-0.25, -0.2) is 9.78 Å². The van der Waals surface area contributed by atoms with E-state index >= 15 is 0 Å². The van der Waals surface area contributed by atoms with E-state index in [0.29, 0.717) is 11.4 Å². The molecule has 0 aliphatic rings. The number of nitrogens with zero attached hydrogens (tertiary/aromatic N) is 1. The van der Waals surface area contributed by atoms with Crippen molar-refractivity contribution in [2.24, 2.45) is 0 Å². The Labute approximate surface area is 160 Å². The van der Waals surface area contributed by atoms with Gasteiger partial charge in [-0.1, -0.05) is 6.07 Å². The Balaban J connectivity index is 1.95. The van der Waals surface area contributed by atoms with E-state index in [1.54, 1.807) is 19.4 Å². The molecule has 0 aliphatic carbocycles. The molecule has 6 nitrogen and oxygen atoms in total. The number of carbonyl (C=O) groups excluding carboxylic acids is 1. The zero-order valence-electron chi connectivity index (χ0n) is 15.0. The number of benzene rings is 1. The molecule has 136 valence electrons. The number of amides is 1. The summed E-state index contributed by atoms with van der Waals surface area (Å²) in [7, 11) is 1.56. The van der Waals surface area contributed by atoms with Gasteiger partial charge >= 0.3 is 6.09 Å². The van der Waals surface area contributed by atoms with Crippen LogP contribution in [0.3, 0.4) is 0 Å². The molecule has 0 aliphatic heterocycles. The number of methoxy groups -OCH3 is 1. The van der Waals surface area contributed by atoms with Crippen molar-refractivity contribution in [3.63, 3.8) is 0 Å². The lowest BCUT2D eigenvalue weighted by Gasteiger charge is -2.20. The van der Waals surface area contributed by atoms with Crippen molar-refractivity contribution in [2.75, 3.05) is 12.4 Å². The third kappa shape index (κ3) is 3.99. The second-order valence-corrected chi connectivity index (χ2v) is 7.65. The number of hydrogen-bond acceptors (Lipinski definition) is 4. The van der Waals surface area contributed by atoms with Crippen LogP contribution in [0.5, 0.6) is 5.75 Å². The molecule has 0 atom stereocenters. The first kappa shape index (κ1) is 18.3. The number of aromatic amines is 1. The Morgan fingerprint density at radius 3 is 2.69 bits per heavy atom. The summed E-state index contributed by atoms with van der Waals surface area (Å²) in [5, 5.41) is 3.74. The Morgan fingerprint density at radius 2 is 2.00 bits per heavy atom. The van der Waals surface area contributed by atoms with E-state index in [1.165, 1.54) is 0 Å². The van der Waals surface area contributed by atoms with E-state index < -0.39 is 11.7 Å². The molecule has 2 aromatic heterocycles. The fourth-order valence-corrected chi connectivity index (χ4v) is 2.94. The number of fused-ring (bicyclic) bond motifs is 1. The van der Waals surface area contributed by atoms with E-state index in [1.807, 2.05) is 45.2 Å². The highest BCUT2D eigenvalue weighted by Gasteiger charge is 2.18. The zero-order chi connectivity index (χ0) is 18.9. The molecule has 3 rings (SSSR count). The SMILES string of the molecule is COc1ccc(-c2cnc3[nH]cc(Br)c3c2)cc1NC(=O)OC(C)(C)C. The highest BCUT2D eigenvalue weighted by atomic mass is 79.9. The third-order valence-corrected chi connectivity index (χ3v) is 4.31. The second-order valence-electron chi connectivity index (χ2n) is 6.80. The van der Waals surface area contributed by atoms with Gasteiger partial charge in [-0.3, -0.25) is 5.32 Å². The quantitative estimate of drug-likeness (QED) is 0.602. The van der Waals surface area contributed by atoms with E-state index in [-0.39, 0.29) is 0 Å². The van der Waals surface area contributed by atoms with Gasteiger partial charge in [0.2, 0.25) is 0 Å². The number of anilines is 1. The van der Waals surface area contributed by atoms with Gasteiger partial charge in [0.1, 0.15) is 17.0 Å². The van der Waals surface area contributed by atoms with Gasteiger partial charge in [-0.15, -0.1) is 0 Å². The molecule has 2 heterocycles. The van der Waals surface area contributed by atoms with Gasteiger partial charge < -0.3 is 14.5 Å². The molecule has 0 spiro atoms. The molecule has 0 fully saturated rings. The maximum Gasteiger partial charge on any atom is 0.412 e. The molecular formula is C19H20BrN3O3. The van der Waals surface area contributed by atoms with E-state index in [0.717, 1.165) is 26.6 Å². The minimum absolute atomic E-state index is 0.532. The zero-order valence-corrected chi connectivity index (χ0v) is 16.6. The van der Waals surface area contributed by atoms with Crippen LogP contribution in [-0.4, -0.2) is 28.8 Å². The number of nitrogens with one attached hydrogen (secondary N) is 2. The van der Waals surface area contributed by atoms with Crippen molar-refractivity contribution >= 4 is 38.7 Å². The second kappa shape index (κ2) is 6.99. The van der Waals surface area contributed by atoms with Gasteiger partial charge in [-0.2, -0.15) is 0 Å². The summed E-state index contributed by atoms with van der Waals surface area (Å²) in [4.78, 5) is 19.6. The first-order chi connectivity index (χ1) is 12.3. The maximum atomic E-state index is 12.1. The van der Waals surface area contributed by atoms with Crippen molar-refractivity contribution in [1.82, 2.24) is 9.97 Å². The molecule has 1 aromatic carbocycles. The topological polar surface area (TPSA) is 76.2 Å². The predicted molar refractivity (Wildman–Crippen MR) is 106 cm³/mol. The molecule has 0 saturated heterocycles. The smallest absolute Gasteiger partial charge is 0.412 e. The molecule has 7 heteroatoms. The highest BCUT2D eigenvalue weighted by Crippen LogP contribution is 2.33. The summed E-state index contributed by atoms with van der Waals surface area (Å²) in [5.74, 6) is 0.552. The van der Waals surface area contributed by atoms with Crippen LogP contribution in [0.25, 0.3) is 22.2 Å². The Bertz CT molecular complexity index is 960. The summed E-state index contributed by atoms with van der Waals surface area (Å²) in [6.45, 7) is 5.45. The Morgan fingerprint density at radius 1 is 1.23 bits per heavy atom. The van der Waals surface area contributed by atoms with Gasteiger partial charge in [0, 0.05) is 27.8 Å². The molecule has 0 radical (unpaired) electrons. The minimum atomic E-state index is -0.579. The molecule has 2 N–H and O–H groups in total. The largest absolute Gasteiger partial charge is 0.495 e. The number of H-pyrrole nitrogens is 1. The predicted octanol–water partition coefficient (Wildman–Crippen LogP) is 5.35. The van der Waals surface area contributed by atoms with Gasteiger partial charge in [0.25, 0.3) is 0 Å². The van der Waals surface area contributed by atoms with E-state index in [4.69, 9.17) is 9.47 Å². The maximum absolute atomic E-state index is 12.1. The van der Waals surface area contributed by atoms with Crippen LogP contribution in [0.15, 0.2) is 41.1 Å². The first-order valence-electron chi connectivity index (χ1n) is 8.08. The molecule has 1 amide bonds. The van der Waals surface area contributed by atoms with Crippen LogP contribution in [-0.2, 0) is 4.74 Å². The van der Waals surface area contributed by atoms with Gasteiger partial charge in [0.15, 0.2) is 0 Å². The highest BCUT2D eigenvalue weighted by molar-refractivity contribution is 9.10. The lowest BCUT2D eigenvalue weighted by Crippen LogP contribution is -2.27. The summed E-state index contributed by atoms with van der Waals surface area (Å²) in [6.07, 6.45) is 3.10. The minimum Gasteiger partial charge on any atom is -0.495 e. The van der Waals surface area contributed by atoms with Crippen molar-refractivity contribution in [3.8, 4) is 16.9 Å². The number of carbonyl (C=O) groups is 1. The lowest BCUT2D eigenvalue weighted by atomic mass is 10.1. The van der Waals surface area contributed by atoms with Crippen molar-refractivity contribution in [1.29, 1.82) is 0 Å². The van der Waals surface area contributed by atoms with Crippen LogP contribution in [0.4, 0.5) is 10.5 Å². The van der Waals surface area contributed by atoms with Crippen LogP contribution >= 0.6 is 15.9 Å². The Hall–Kier alpha value is -2.54. The fraction of sp³-hybridized carbons (Fsp3) is 0.263. The lowest BCUT2D eigenvalue weighted by molar-refractivity contribution is 0.0635. The third-order valence-electron chi connectivity index (χ3n) is 3.65. The first-order valence-corrected chi connectivity index (χ1v) is 8.87. The molecular weight excluding hydrogens is 398 g/mol. The van der Waals surface area contributed by atoms with Crippen molar-refractivity contribution < 1.29 is 14.3 Å². The van der Waals surface area contributed by atoms with E-state index in [2.05, 4.69) is 31.2 Å². The van der Waals surface area contributed by atoms with Crippen molar-refractivity contribution in [2.45, 2.75) is 26.4 Å². The fourth-order valence-electron chi connectivity index (χ4n) is 2.53. The molecule has 0 bridgehead atoms. The number of ether oxygens (including phenoxy) is 2. The molecule has 0 saturated carbocycles. The standard InChI is InChI=1S/C19H20BrN3O3/c1-19(2,3)26-18(24)23-15-8-11(5-6-16(15)25-4)12-7-13-14(20)10-22-17(13)21-9-12/h5-10H,1-4H3,(H,21,22)(H,23,24). The monoisotopic (exact) mass is 417 g/mol. The van der Waals surface area contributed by atoms with Gasteiger partial charge in [-0.05, 0) is 60.5 Å².